The largest absolute Gasteiger partial charge is 0.416 e. The number of rotatable bonds is 2. The molecule has 22 heavy (non-hydrogen) atoms. The fraction of sp³-hybridized carbons (Fsp3) is 0.308. The van der Waals surface area contributed by atoms with Gasteiger partial charge in [-0.1, -0.05) is 5.57 Å². The molecule has 122 valence electrons. The van der Waals surface area contributed by atoms with E-state index in [1.807, 2.05) is 5.32 Å². The van der Waals surface area contributed by atoms with Crippen LogP contribution in [0.15, 0.2) is 30.0 Å². The highest BCUT2D eigenvalue weighted by molar-refractivity contribution is 5.90. The molecule has 1 rings (SSSR count). The standard InChI is InChI=1S/C13H12F6N2O/c1-7(2)6-20-11(22)21-10-4-8(12(14,15)16)3-9(5-10)13(17,18)19/h3-6H,1-2H3,(H2,20,21,22). The summed E-state index contributed by atoms with van der Waals surface area (Å²) in [5.74, 6) is 0. The zero-order valence-corrected chi connectivity index (χ0v) is 11.5. The molecule has 0 fully saturated rings. The Labute approximate surface area is 122 Å². The molecule has 3 nitrogen and oxygen atoms in total. The summed E-state index contributed by atoms with van der Waals surface area (Å²) in [6, 6.07) is -0.109. The molecule has 0 saturated carbocycles. The van der Waals surface area contributed by atoms with E-state index < -0.39 is 35.2 Å². The van der Waals surface area contributed by atoms with E-state index in [-0.39, 0.29) is 6.07 Å². The van der Waals surface area contributed by atoms with Gasteiger partial charge >= 0.3 is 18.4 Å². The van der Waals surface area contributed by atoms with Crippen molar-refractivity contribution in [3.8, 4) is 0 Å². The third-order valence-electron chi connectivity index (χ3n) is 2.34. The minimum absolute atomic E-state index is 0.0147. The highest BCUT2D eigenvalue weighted by atomic mass is 19.4. The average Bonchev–Trinajstić information content (AvgIpc) is 2.34. The second kappa shape index (κ2) is 6.29. The van der Waals surface area contributed by atoms with Crippen molar-refractivity contribution in [2.45, 2.75) is 26.2 Å². The summed E-state index contributed by atoms with van der Waals surface area (Å²) in [6.07, 6.45) is -8.67. The van der Waals surface area contributed by atoms with Crippen molar-refractivity contribution < 1.29 is 31.1 Å². The van der Waals surface area contributed by atoms with E-state index in [0.29, 0.717) is 17.7 Å². The van der Waals surface area contributed by atoms with E-state index >= 15 is 0 Å². The summed E-state index contributed by atoms with van der Waals surface area (Å²) in [7, 11) is 0. The molecule has 0 aromatic heterocycles. The van der Waals surface area contributed by atoms with Crippen LogP contribution in [0.1, 0.15) is 25.0 Å². The van der Waals surface area contributed by atoms with Gasteiger partial charge < -0.3 is 10.6 Å². The molecule has 0 aliphatic carbocycles. The Morgan fingerprint density at radius 3 is 1.77 bits per heavy atom. The van der Waals surface area contributed by atoms with Crippen molar-refractivity contribution in [3.63, 3.8) is 0 Å². The smallest absolute Gasteiger partial charge is 0.314 e. The molecule has 0 aliphatic rings. The Morgan fingerprint density at radius 1 is 0.955 bits per heavy atom. The van der Waals surface area contributed by atoms with E-state index in [4.69, 9.17) is 0 Å². The van der Waals surface area contributed by atoms with Gasteiger partial charge in [0, 0.05) is 11.9 Å². The lowest BCUT2D eigenvalue weighted by molar-refractivity contribution is -0.143. The number of halogens is 6. The maximum Gasteiger partial charge on any atom is 0.416 e. The number of benzene rings is 1. The third-order valence-corrected chi connectivity index (χ3v) is 2.34. The SMILES string of the molecule is CC(C)=CNC(=O)Nc1cc(C(F)(F)F)cc(C(F)(F)F)c1. The fourth-order valence-electron chi connectivity index (χ4n) is 1.40. The van der Waals surface area contributed by atoms with Crippen molar-refractivity contribution in [1.82, 2.24) is 5.32 Å². The zero-order valence-electron chi connectivity index (χ0n) is 11.5. The van der Waals surface area contributed by atoms with Crippen LogP contribution in [-0.2, 0) is 12.4 Å². The van der Waals surface area contributed by atoms with Gasteiger partial charge in [0.1, 0.15) is 0 Å². The zero-order chi connectivity index (χ0) is 17.1. The van der Waals surface area contributed by atoms with E-state index in [1.54, 1.807) is 13.8 Å². The quantitative estimate of drug-likeness (QED) is 0.755. The van der Waals surface area contributed by atoms with Gasteiger partial charge in [0.05, 0.1) is 11.1 Å². The van der Waals surface area contributed by atoms with Crippen molar-refractivity contribution in [1.29, 1.82) is 0 Å². The number of amides is 2. The van der Waals surface area contributed by atoms with Gasteiger partial charge in [0.15, 0.2) is 0 Å². The van der Waals surface area contributed by atoms with Gasteiger partial charge in [-0.2, -0.15) is 26.3 Å². The van der Waals surface area contributed by atoms with Gasteiger partial charge in [-0.25, -0.2) is 4.79 Å². The van der Waals surface area contributed by atoms with Crippen molar-refractivity contribution in [2.75, 3.05) is 5.32 Å². The molecule has 0 spiro atoms. The third kappa shape index (κ3) is 5.30. The lowest BCUT2D eigenvalue weighted by Crippen LogP contribution is -2.24. The van der Waals surface area contributed by atoms with Crippen LogP contribution in [0.5, 0.6) is 0 Å². The number of carbonyl (C=O) groups is 1. The van der Waals surface area contributed by atoms with Crippen LogP contribution < -0.4 is 10.6 Å². The van der Waals surface area contributed by atoms with E-state index in [1.165, 1.54) is 6.20 Å². The molecule has 1 aromatic carbocycles. The van der Waals surface area contributed by atoms with Crippen LogP contribution in [0, 0.1) is 0 Å². The predicted molar refractivity (Wildman–Crippen MR) is 68.0 cm³/mol. The monoisotopic (exact) mass is 326 g/mol. The molecule has 0 saturated heterocycles. The molecule has 0 unspecified atom stereocenters. The minimum Gasteiger partial charge on any atom is -0.314 e. The molecular formula is C13H12F6N2O. The molecule has 0 radical (unpaired) electrons. The number of hydrogen-bond acceptors (Lipinski definition) is 1. The maximum absolute atomic E-state index is 12.6. The number of nitrogens with one attached hydrogen (secondary N) is 2. The topological polar surface area (TPSA) is 41.1 Å². The Hall–Kier alpha value is -2.19. The minimum atomic E-state index is -4.96. The van der Waals surface area contributed by atoms with Gasteiger partial charge in [-0.15, -0.1) is 0 Å². The summed E-state index contributed by atoms with van der Waals surface area (Å²) < 4.78 is 75.7. The molecule has 2 N–H and O–H groups in total. The van der Waals surface area contributed by atoms with Crippen LogP contribution in [0.3, 0.4) is 0 Å². The highest BCUT2D eigenvalue weighted by Crippen LogP contribution is 2.37. The number of carbonyl (C=O) groups excluding carboxylic acids is 1. The summed E-state index contributed by atoms with van der Waals surface area (Å²) >= 11 is 0. The molecule has 0 heterocycles. The number of alkyl halides is 6. The first-order valence-corrected chi connectivity index (χ1v) is 5.90. The van der Waals surface area contributed by atoms with E-state index in [2.05, 4.69) is 5.32 Å². The molecule has 9 heteroatoms. The molecule has 0 bridgehead atoms. The Balaban J connectivity index is 3.14. The number of anilines is 1. The highest BCUT2D eigenvalue weighted by Gasteiger charge is 2.37. The van der Waals surface area contributed by atoms with E-state index in [9.17, 15) is 31.1 Å². The number of hydrogen-bond donors (Lipinski definition) is 2. The first kappa shape index (κ1) is 17.9. The lowest BCUT2D eigenvalue weighted by atomic mass is 10.1. The molecular weight excluding hydrogens is 314 g/mol. The molecule has 1 aromatic rings. The fourth-order valence-corrected chi connectivity index (χ4v) is 1.40. The van der Waals surface area contributed by atoms with Gasteiger partial charge in [-0.05, 0) is 32.0 Å². The van der Waals surface area contributed by atoms with Crippen LogP contribution >= 0.6 is 0 Å². The van der Waals surface area contributed by atoms with Crippen LogP contribution in [0.2, 0.25) is 0 Å². The van der Waals surface area contributed by atoms with Gasteiger partial charge in [-0.3, -0.25) is 0 Å². The Kier molecular flexibility index (Phi) is 5.10. The first-order valence-electron chi connectivity index (χ1n) is 5.90. The summed E-state index contributed by atoms with van der Waals surface area (Å²) in [6.45, 7) is 3.29. The molecule has 2 amide bonds. The van der Waals surface area contributed by atoms with Crippen molar-refractivity contribution >= 4 is 11.7 Å². The van der Waals surface area contributed by atoms with Crippen LogP contribution in [-0.4, -0.2) is 6.03 Å². The second-order valence-electron chi connectivity index (χ2n) is 4.61. The second-order valence-corrected chi connectivity index (χ2v) is 4.61. The van der Waals surface area contributed by atoms with Gasteiger partial charge in [0.2, 0.25) is 0 Å². The predicted octanol–water partition coefficient (Wildman–Crippen LogP) is 4.77. The van der Waals surface area contributed by atoms with Crippen LogP contribution in [0.25, 0.3) is 0 Å². The first-order chi connectivity index (χ1) is 9.89. The lowest BCUT2D eigenvalue weighted by Gasteiger charge is -2.14. The summed E-state index contributed by atoms with van der Waals surface area (Å²) in [5.41, 5.74) is -2.92. The normalized spacial score (nSPS) is 11.8. The van der Waals surface area contributed by atoms with Crippen LogP contribution in [0.4, 0.5) is 36.8 Å². The Bertz CT molecular complexity index is 553. The number of urea groups is 1. The van der Waals surface area contributed by atoms with E-state index in [0.717, 1.165) is 0 Å². The molecule has 0 aliphatic heterocycles. The summed E-state index contributed by atoms with van der Waals surface area (Å²) in [4.78, 5) is 11.4. The Morgan fingerprint density at radius 2 is 1.41 bits per heavy atom. The summed E-state index contributed by atoms with van der Waals surface area (Å²) in [5, 5.41) is 4.10. The average molecular weight is 326 g/mol. The van der Waals surface area contributed by atoms with Gasteiger partial charge in [0.25, 0.3) is 0 Å². The number of allylic oxidation sites excluding steroid dienone is 1. The van der Waals surface area contributed by atoms with Crippen molar-refractivity contribution in [2.24, 2.45) is 0 Å². The molecule has 0 atom stereocenters. The van der Waals surface area contributed by atoms with Crippen molar-refractivity contribution in [3.05, 3.63) is 41.1 Å². The maximum atomic E-state index is 12.6.